The first-order chi connectivity index (χ1) is 12.2. The van der Waals surface area contributed by atoms with E-state index in [0.717, 1.165) is 70.0 Å². The molecule has 1 unspecified atom stereocenters. The summed E-state index contributed by atoms with van der Waals surface area (Å²) in [6.07, 6.45) is 2.66. The van der Waals surface area contributed by atoms with E-state index in [1.54, 1.807) is 0 Å². The highest BCUT2D eigenvalue weighted by molar-refractivity contribution is 5.73. The number of hydrogen-bond donors (Lipinski definition) is 1. The second-order valence-corrected chi connectivity index (χ2v) is 6.73. The minimum Gasteiger partial charge on any atom is -0.493 e. The zero-order valence-electron chi connectivity index (χ0n) is 14.7. The average Bonchev–Trinajstić information content (AvgIpc) is 3.09. The van der Waals surface area contributed by atoms with E-state index in [1.165, 1.54) is 0 Å². The van der Waals surface area contributed by atoms with Crippen molar-refractivity contribution in [1.82, 2.24) is 9.80 Å². The van der Waals surface area contributed by atoms with Crippen molar-refractivity contribution in [3.8, 4) is 5.75 Å². The van der Waals surface area contributed by atoms with Crippen molar-refractivity contribution in [3.63, 3.8) is 0 Å². The maximum absolute atomic E-state index is 11.4. The Morgan fingerprint density at radius 2 is 2.04 bits per heavy atom. The summed E-state index contributed by atoms with van der Waals surface area (Å²) < 4.78 is 11.4. The van der Waals surface area contributed by atoms with Gasteiger partial charge >= 0.3 is 5.97 Å². The Kier molecular flexibility index (Phi) is 6.67. The van der Waals surface area contributed by atoms with Crippen molar-refractivity contribution >= 4 is 5.97 Å². The fourth-order valence-corrected chi connectivity index (χ4v) is 3.58. The highest BCUT2D eigenvalue weighted by Gasteiger charge is 2.30. The lowest BCUT2D eigenvalue weighted by atomic mass is 10.1. The van der Waals surface area contributed by atoms with E-state index in [1.807, 2.05) is 29.2 Å². The highest BCUT2D eigenvalue weighted by atomic mass is 16.5. The molecule has 2 heterocycles. The molecule has 0 bridgehead atoms. The Bertz CT molecular complexity index is 560. The number of rotatable bonds is 8. The fourth-order valence-electron chi connectivity index (χ4n) is 3.58. The number of morpholine rings is 1. The molecule has 3 rings (SSSR count). The van der Waals surface area contributed by atoms with Crippen molar-refractivity contribution in [1.29, 1.82) is 0 Å². The topological polar surface area (TPSA) is 62.2 Å². The first-order valence-corrected chi connectivity index (χ1v) is 9.22. The molecule has 1 aromatic rings. The van der Waals surface area contributed by atoms with E-state index in [-0.39, 0.29) is 6.04 Å². The lowest BCUT2D eigenvalue weighted by molar-refractivity contribution is -0.142. The smallest absolute Gasteiger partial charge is 0.320 e. The number of ether oxygens (including phenoxy) is 2. The van der Waals surface area contributed by atoms with Crippen molar-refractivity contribution < 1.29 is 19.4 Å². The molecule has 6 nitrogen and oxygen atoms in total. The molecule has 25 heavy (non-hydrogen) atoms. The number of carbonyl (C=O) groups is 1. The molecule has 1 N–H and O–H groups in total. The molecule has 2 fully saturated rings. The van der Waals surface area contributed by atoms with Crippen molar-refractivity contribution in [2.75, 3.05) is 46.0 Å². The van der Waals surface area contributed by atoms with Crippen molar-refractivity contribution in [2.24, 2.45) is 0 Å². The summed E-state index contributed by atoms with van der Waals surface area (Å²) in [5, 5.41) is 9.34. The standard InChI is InChI=1S/C19H28N2O4/c22-19(23)17-6-3-9-21(17)15-16-5-1-2-7-18(16)25-12-4-8-20-10-13-24-14-11-20/h1-2,5,7,17H,3-4,6,8-15H2,(H,22,23). The van der Waals surface area contributed by atoms with Crippen LogP contribution in [0.1, 0.15) is 24.8 Å². The van der Waals surface area contributed by atoms with Gasteiger partial charge in [0.1, 0.15) is 11.8 Å². The van der Waals surface area contributed by atoms with Crippen molar-refractivity contribution in [3.05, 3.63) is 29.8 Å². The predicted molar refractivity (Wildman–Crippen MR) is 94.9 cm³/mol. The fraction of sp³-hybridized carbons (Fsp3) is 0.632. The molecular weight excluding hydrogens is 320 g/mol. The van der Waals surface area contributed by atoms with E-state index in [2.05, 4.69) is 4.90 Å². The van der Waals surface area contributed by atoms with Crippen LogP contribution in [0.4, 0.5) is 0 Å². The molecule has 2 aliphatic rings. The van der Waals surface area contributed by atoms with Crippen LogP contribution < -0.4 is 4.74 Å². The van der Waals surface area contributed by atoms with Crippen LogP contribution in [0, 0.1) is 0 Å². The van der Waals surface area contributed by atoms with Gasteiger partial charge < -0.3 is 14.6 Å². The van der Waals surface area contributed by atoms with Gasteiger partial charge in [-0.1, -0.05) is 18.2 Å². The van der Waals surface area contributed by atoms with E-state index < -0.39 is 5.97 Å². The maximum Gasteiger partial charge on any atom is 0.320 e. The number of hydrogen-bond acceptors (Lipinski definition) is 5. The summed E-state index contributed by atoms with van der Waals surface area (Å²) >= 11 is 0. The zero-order chi connectivity index (χ0) is 17.5. The molecule has 0 aliphatic carbocycles. The van der Waals surface area contributed by atoms with Crippen molar-refractivity contribution in [2.45, 2.75) is 31.8 Å². The van der Waals surface area contributed by atoms with Crippen LogP contribution in [-0.4, -0.2) is 72.9 Å². The van der Waals surface area contributed by atoms with Gasteiger partial charge in [-0.2, -0.15) is 0 Å². The summed E-state index contributed by atoms with van der Waals surface area (Å²) in [7, 11) is 0. The Labute approximate surface area is 149 Å². The quantitative estimate of drug-likeness (QED) is 0.724. The number of para-hydroxylation sites is 1. The molecular formula is C19H28N2O4. The van der Waals surface area contributed by atoms with Gasteiger partial charge in [0.05, 0.1) is 19.8 Å². The highest BCUT2D eigenvalue weighted by Crippen LogP contribution is 2.25. The predicted octanol–water partition coefficient (Wildman–Crippen LogP) is 1.84. The third kappa shape index (κ3) is 5.17. The molecule has 2 aliphatic heterocycles. The van der Waals surface area contributed by atoms with E-state index in [4.69, 9.17) is 9.47 Å². The zero-order valence-corrected chi connectivity index (χ0v) is 14.7. The minimum absolute atomic E-state index is 0.366. The summed E-state index contributed by atoms with van der Waals surface area (Å²) in [5.41, 5.74) is 1.07. The Morgan fingerprint density at radius 3 is 2.84 bits per heavy atom. The van der Waals surface area contributed by atoms with Crippen LogP contribution in [0.5, 0.6) is 5.75 Å². The molecule has 0 saturated carbocycles. The first-order valence-electron chi connectivity index (χ1n) is 9.22. The van der Waals surface area contributed by atoms with Gasteiger partial charge in [-0.05, 0) is 31.9 Å². The number of likely N-dealkylation sites (tertiary alicyclic amines) is 1. The maximum atomic E-state index is 11.4. The van der Waals surface area contributed by atoms with Gasteiger partial charge in [-0.15, -0.1) is 0 Å². The first kappa shape index (κ1) is 18.2. The molecule has 0 amide bonds. The number of benzene rings is 1. The summed E-state index contributed by atoms with van der Waals surface area (Å²) in [6, 6.07) is 7.61. The van der Waals surface area contributed by atoms with Crippen LogP contribution in [0.25, 0.3) is 0 Å². The van der Waals surface area contributed by atoms with Gasteiger partial charge in [0.25, 0.3) is 0 Å². The second-order valence-electron chi connectivity index (χ2n) is 6.73. The molecule has 0 radical (unpaired) electrons. The second kappa shape index (κ2) is 9.17. The Morgan fingerprint density at radius 1 is 1.24 bits per heavy atom. The van der Waals surface area contributed by atoms with Gasteiger partial charge in [0, 0.05) is 31.7 Å². The molecule has 1 aromatic carbocycles. The number of carboxylic acid groups (broad SMARTS) is 1. The number of nitrogens with zero attached hydrogens (tertiary/aromatic N) is 2. The van der Waals surface area contributed by atoms with Crippen LogP contribution in [0.3, 0.4) is 0 Å². The number of aliphatic carboxylic acids is 1. The third-order valence-electron chi connectivity index (χ3n) is 4.97. The monoisotopic (exact) mass is 348 g/mol. The van der Waals surface area contributed by atoms with Crippen LogP contribution in [0.2, 0.25) is 0 Å². The molecule has 0 spiro atoms. The average molecular weight is 348 g/mol. The lowest BCUT2D eigenvalue weighted by Gasteiger charge is -2.26. The molecule has 6 heteroatoms. The Balaban J connectivity index is 1.49. The van der Waals surface area contributed by atoms with E-state index in [9.17, 15) is 9.90 Å². The summed E-state index contributed by atoms with van der Waals surface area (Å²) in [6.45, 7) is 6.83. The Hall–Kier alpha value is -1.63. The normalized spacial score (nSPS) is 22.2. The molecule has 2 saturated heterocycles. The summed E-state index contributed by atoms with van der Waals surface area (Å²) in [5.74, 6) is 0.155. The molecule has 0 aromatic heterocycles. The van der Waals surface area contributed by atoms with Crippen LogP contribution in [-0.2, 0) is 16.1 Å². The molecule has 1 atom stereocenters. The molecule has 138 valence electrons. The largest absolute Gasteiger partial charge is 0.493 e. The van der Waals surface area contributed by atoms with Crippen LogP contribution in [0.15, 0.2) is 24.3 Å². The summed E-state index contributed by atoms with van der Waals surface area (Å²) in [4.78, 5) is 15.8. The van der Waals surface area contributed by atoms with Gasteiger partial charge in [0.2, 0.25) is 0 Å². The third-order valence-corrected chi connectivity index (χ3v) is 4.97. The van der Waals surface area contributed by atoms with Gasteiger partial charge in [0.15, 0.2) is 0 Å². The van der Waals surface area contributed by atoms with Gasteiger partial charge in [-0.3, -0.25) is 14.6 Å². The number of carboxylic acids is 1. The minimum atomic E-state index is -0.721. The SMILES string of the molecule is O=C(O)C1CCCN1Cc1ccccc1OCCCN1CCOCC1. The van der Waals surface area contributed by atoms with E-state index >= 15 is 0 Å². The lowest BCUT2D eigenvalue weighted by Crippen LogP contribution is -2.37. The van der Waals surface area contributed by atoms with Crippen LogP contribution >= 0.6 is 0 Å². The van der Waals surface area contributed by atoms with E-state index in [0.29, 0.717) is 13.2 Å². The van der Waals surface area contributed by atoms with Gasteiger partial charge in [-0.25, -0.2) is 0 Å².